The maximum Gasteiger partial charge on any atom is 0.326 e. The minimum atomic E-state index is -1.05. The van der Waals surface area contributed by atoms with Crippen LogP contribution in [0.25, 0.3) is 0 Å². The molecule has 0 rings (SSSR count). The molecule has 0 aromatic carbocycles. The second kappa shape index (κ2) is 7.68. The highest BCUT2D eigenvalue weighted by atomic mass is 16.4. The Hall–Kier alpha value is -1.59. The highest BCUT2D eigenvalue weighted by Gasteiger charge is 2.21. The van der Waals surface area contributed by atoms with Crippen LogP contribution in [0, 0.1) is 5.92 Å². The molecule has 0 fully saturated rings. The highest BCUT2D eigenvalue weighted by Crippen LogP contribution is 2.00. The molecule has 0 saturated carbocycles. The third kappa shape index (κ3) is 6.22. The lowest BCUT2D eigenvalue weighted by molar-refractivity contribution is -0.148. The maximum absolute atomic E-state index is 11.6. The molecule has 0 aliphatic rings. The van der Waals surface area contributed by atoms with E-state index in [1.165, 1.54) is 14.0 Å². The predicted molar refractivity (Wildman–Crippen MR) is 66.9 cm³/mol. The normalized spacial score (nSPS) is 12.1. The molecule has 0 radical (unpaired) electrons. The lowest BCUT2D eigenvalue weighted by Crippen LogP contribution is -2.41. The van der Waals surface area contributed by atoms with Gasteiger partial charge >= 0.3 is 5.97 Å². The summed E-state index contributed by atoms with van der Waals surface area (Å²) in [5.74, 6) is -1.16. The van der Waals surface area contributed by atoms with E-state index in [9.17, 15) is 14.4 Å². The van der Waals surface area contributed by atoms with Crippen LogP contribution >= 0.6 is 0 Å². The van der Waals surface area contributed by atoms with Crippen molar-refractivity contribution < 1.29 is 19.5 Å². The number of amides is 2. The first-order valence-electron chi connectivity index (χ1n) is 6.00. The summed E-state index contributed by atoms with van der Waals surface area (Å²) in [4.78, 5) is 34.8. The van der Waals surface area contributed by atoms with Gasteiger partial charge in [0.1, 0.15) is 6.04 Å². The number of carbonyl (C=O) groups is 3. The summed E-state index contributed by atoms with van der Waals surface area (Å²) in [7, 11) is 1.44. The molecule has 2 amide bonds. The van der Waals surface area contributed by atoms with Gasteiger partial charge in [-0.05, 0) is 12.8 Å². The summed E-state index contributed by atoms with van der Waals surface area (Å²) in [6.45, 7) is 5.55. The number of aliphatic carboxylic acids is 1. The maximum atomic E-state index is 11.6. The van der Waals surface area contributed by atoms with Crippen molar-refractivity contribution in [3.8, 4) is 0 Å². The fourth-order valence-corrected chi connectivity index (χ4v) is 1.31. The van der Waals surface area contributed by atoms with Gasteiger partial charge in [0.15, 0.2) is 0 Å². The minimum absolute atomic E-state index is 0.0910. The molecule has 0 bridgehead atoms. The Labute approximate surface area is 107 Å². The fourth-order valence-electron chi connectivity index (χ4n) is 1.31. The van der Waals surface area contributed by atoms with Gasteiger partial charge in [-0.2, -0.15) is 0 Å². The fraction of sp³-hybridized carbons (Fsp3) is 0.750. The molecule has 0 saturated heterocycles. The van der Waals surface area contributed by atoms with Gasteiger partial charge in [0, 0.05) is 26.4 Å². The molecule has 1 unspecified atom stereocenters. The summed E-state index contributed by atoms with van der Waals surface area (Å²) in [6, 6.07) is -0.858. The largest absolute Gasteiger partial charge is 0.480 e. The quantitative estimate of drug-likeness (QED) is 0.695. The van der Waals surface area contributed by atoms with E-state index in [1.807, 2.05) is 13.8 Å². The Kier molecular flexibility index (Phi) is 7.00. The Balaban J connectivity index is 3.97. The zero-order chi connectivity index (χ0) is 14.3. The van der Waals surface area contributed by atoms with E-state index in [0.717, 1.165) is 4.90 Å². The number of carboxylic acid groups (broad SMARTS) is 1. The van der Waals surface area contributed by atoms with Crippen LogP contribution in [-0.2, 0) is 14.4 Å². The van der Waals surface area contributed by atoms with Crippen molar-refractivity contribution in [3.05, 3.63) is 0 Å². The second-order valence-corrected chi connectivity index (χ2v) is 4.72. The molecule has 0 spiro atoms. The van der Waals surface area contributed by atoms with E-state index in [0.29, 0.717) is 6.42 Å². The van der Waals surface area contributed by atoms with Crippen molar-refractivity contribution in [1.82, 2.24) is 10.2 Å². The first kappa shape index (κ1) is 16.4. The van der Waals surface area contributed by atoms with Gasteiger partial charge < -0.3 is 15.3 Å². The first-order chi connectivity index (χ1) is 8.25. The SMILES string of the molecule is CC(C)CC(=O)NCCC(=O)N(C)C(C)C(=O)O. The topological polar surface area (TPSA) is 86.7 Å². The van der Waals surface area contributed by atoms with Crippen molar-refractivity contribution in [2.45, 2.75) is 39.7 Å². The third-order valence-corrected chi connectivity index (χ3v) is 2.59. The van der Waals surface area contributed by atoms with Crippen molar-refractivity contribution in [1.29, 1.82) is 0 Å². The Bertz CT molecular complexity index is 315. The monoisotopic (exact) mass is 258 g/mol. The van der Waals surface area contributed by atoms with Crippen LogP contribution in [-0.4, -0.2) is 47.4 Å². The van der Waals surface area contributed by atoms with Gasteiger partial charge in [-0.3, -0.25) is 9.59 Å². The molecular weight excluding hydrogens is 236 g/mol. The number of carboxylic acids is 1. The lowest BCUT2D eigenvalue weighted by atomic mass is 10.1. The average molecular weight is 258 g/mol. The van der Waals surface area contributed by atoms with Gasteiger partial charge in [-0.15, -0.1) is 0 Å². The lowest BCUT2D eigenvalue weighted by Gasteiger charge is -2.21. The number of rotatable bonds is 7. The number of nitrogens with zero attached hydrogens (tertiary/aromatic N) is 1. The van der Waals surface area contributed by atoms with Crippen molar-refractivity contribution in [3.63, 3.8) is 0 Å². The molecular formula is C12H22N2O4. The summed E-state index contributed by atoms with van der Waals surface area (Å²) in [6.07, 6.45) is 0.535. The van der Waals surface area contributed by atoms with Crippen LogP contribution in [0.5, 0.6) is 0 Å². The van der Waals surface area contributed by atoms with Crippen LogP contribution < -0.4 is 5.32 Å². The summed E-state index contributed by atoms with van der Waals surface area (Å²) < 4.78 is 0. The zero-order valence-electron chi connectivity index (χ0n) is 11.4. The van der Waals surface area contributed by atoms with Crippen LogP contribution in [0.2, 0.25) is 0 Å². The highest BCUT2D eigenvalue weighted by molar-refractivity contribution is 5.83. The molecule has 104 valence electrons. The molecule has 6 nitrogen and oxygen atoms in total. The molecule has 0 aliphatic heterocycles. The minimum Gasteiger partial charge on any atom is -0.480 e. The Morgan fingerprint density at radius 1 is 1.22 bits per heavy atom. The van der Waals surface area contributed by atoms with Crippen LogP contribution in [0.1, 0.15) is 33.6 Å². The van der Waals surface area contributed by atoms with Gasteiger partial charge in [0.05, 0.1) is 0 Å². The Morgan fingerprint density at radius 3 is 2.22 bits per heavy atom. The van der Waals surface area contributed by atoms with E-state index in [4.69, 9.17) is 5.11 Å². The zero-order valence-corrected chi connectivity index (χ0v) is 11.4. The number of nitrogens with one attached hydrogen (secondary N) is 1. The summed E-state index contributed by atoms with van der Waals surface area (Å²) >= 11 is 0. The molecule has 0 aliphatic carbocycles. The predicted octanol–water partition coefficient (Wildman–Crippen LogP) is 0.470. The average Bonchev–Trinajstić information content (AvgIpc) is 2.25. The van der Waals surface area contributed by atoms with Crippen molar-refractivity contribution in [2.75, 3.05) is 13.6 Å². The van der Waals surface area contributed by atoms with Gasteiger partial charge in [0.25, 0.3) is 0 Å². The van der Waals surface area contributed by atoms with Crippen LogP contribution in [0.4, 0.5) is 0 Å². The molecule has 2 N–H and O–H groups in total. The van der Waals surface area contributed by atoms with Crippen LogP contribution in [0.3, 0.4) is 0 Å². The number of carbonyl (C=O) groups excluding carboxylic acids is 2. The van der Waals surface area contributed by atoms with E-state index >= 15 is 0 Å². The summed E-state index contributed by atoms with van der Waals surface area (Å²) in [5, 5.41) is 11.4. The molecule has 1 atom stereocenters. The molecule has 18 heavy (non-hydrogen) atoms. The van der Waals surface area contributed by atoms with Gasteiger partial charge in [0.2, 0.25) is 11.8 Å². The van der Waals surface area contributed by atoms with Crippen molar-refractivity contribution >= 4 is 17.8 Å². The van der Waals surface area contributed by atoms with E-state index in [1.54, 1.807) is 0 Å². The molecule has 0 aromatic rings. The third-order valence-electron chi connectivity index (χ3n) is 2.59. The van der Waals surface area contributed by atoms with Crippen LogP contribution in [0.15, 0.2) is 0 Å². The van der Waals surface area contributed by atoms with Crippen molar-refractivity contribution in [2.24, 2.45) is 5.92 Å². The smallest absolute Gasteiger partial charge is 0.326 e. The number of hydrogen-bond acceptors (Lipinski definition) is 3. The van der Waals surface area contributed by atoms with E-state index < -0.39 is 12.0 Å². The standard InChI is InChI=1S/C12H22N2O4/c1-8(2)7-10(15)13-6-5-11(16)14(4)9(3)12(17)18/h8-9H,5-7H2,1-4H3,(H,13,15)(H,17,18). The number of hydrogen-bond donors (Lipinski definition) is 2. The molecule has 0 aromatic heterocycles. The first-order valence-corrected chi connectivity index (χ1v) is 6.00. The van der Waals surface area contributed by atoms with E-state index in [-0.39, 0.29) is 30.7 Å². The van der Waals surface area contributed by atoms with Gasteiger partial charge in [-0.25, -0.2) is 4.79 Å². The molecule has 0 heterocycles. The summed E-state index contributed by atoms with van der Waals surface area (Å²) in [5.41, 5.74) is 0. The molecule has 6 heteroatoms. The van der Waals surface area contributed by atoms with E-state index in [2.05, 4.69) is 5.32 Å². The van der Waals surface area contributed by atoms with Gasteiger partial charge in [-0.1, -0.05) is 13.8 Å². The second-order valence-electron chi connectivity index (χ2n) is 4.72. The Morgan fingerprint density at radius 2 is 1.78 bits per heavy atom. The number of likely N-dealkylation sites (N-methyl/N-ethyl adjacent to an activating group) is 1.